The van der Waals surface area contributed by atoms with Crippen LogP contribution in [0.3, 0.4) is 0 Å². The second kappa shape index (κ2) is 5.42. The van der Waals surface area contributed by atoms with Crippen LogP contribution in [0.25, 0.3) is 0 Å². The lowest BCUT2D eigenvalue weighted by Gasteiger charge is -2.14. The SMILES string of the molecule is COc1cnn(C)c1C(O)c1ccc(Br)c(Br)c1. The molecule has 0 aliphatic carbocycles. The van der Waals surface area contributed by atoms with Crippen molar-refractivity contribution in [2.75, 3.05) is 7.11 Å². The van der Waals surface area contributed by atoms with Crippen LogP contribution in [0.2, 0.25) is 0 Å². The van der Waals surface area contributed by atoms with Gasteiger partial charge in [-0.1, -0.05) is 6.07 Å². The van der Waals surface area contributed by atoms with Crippen molar-refractivity contribution in [1.29, 1.82) is 0 Å². The summed E-state index contributed by atoms with van der Waals surface area (Å²) in [5, 5.41) is 14.5. The van der Waals surface area contributed by atoms with Gasteiger partial charge in [-0.3, -0.25) is 4.68 Å². The lowest BCUT2D eigenvalue weighted by molar-refractivity contribution is 0.204. The first kappa shape index (κ1) is 13.6. The molecule has 2 aromatic rings. The summed E-state index contributed by atoms with van der Waals surface area (Å²) in [6, 6.07) is 5.60. The van der Waals surface area contributed by atoms with Gasteiger partial charge in [0, 0.05) is 16.0 Å². The second-order valence-electron chi connectivity index (χ2n) is 3.80. The Kier molecular flexibility index (Phi) is 4.09. The van der Waals surface area contributed by atoms with Crippen molar-refractivity contribution in [2.24, 2.45) is 7.05 Å². The van der Waals surface area contributed by atoms with Crippen LogP contribution in [0.1, 0.15) is 17.4 Å². The van der Waals surface area contributed by atoms with Crippen molar-refractivity contribution in [3.05, 3.63) is 44.6 Å². The molecule has 1 unspecified atom stereocenters. The monoisotopic (exact) mass is 374 g/mol. The minimum Gasteiger partial charge on any atom is -0.493 e. The largest absolute Gasteiger partial charge is 0.493 e. The molecule has 1 aromatic heterocycles. The lowest BCUT2D eigenvalue weighted by atomic mass is 10.1. The molecule has 2 rings (SSSR count). The van der Waals surface area contributed by atoms with Crippen LogP contribution in [0.15, 0.2) is 33.3 Å². The molecule has 18 heavy (non-hydrogen) atoms. The molecule has 0 bridgehead atoms. The van der Waals surface area contributed by atoms with Crippen LogP contribution >= 0.6 is 31.9 Å². The molecule has 6 heteroatoms. The number of hydrogen-bond donors (Lipinski definition) is 1. The highest BCUT2D eigenvalue weighted by Crippen LogP contribution is 2.32. The quantitative estimate of drug-likeness (QED) is 0.896. The first-order valence-electron chi connectivity index (χ1n) is 5.23. The van der Waals surface area contributed by atoms with E-state index in [0.717, 1.165) is 14.5 Å². The number of hydrogen-bond acceptors (Lipinski definition) is 3. The summed E-state index contributed by atoms with van der Waals surface area (Å²) >= 11 is 6.82. The van der Waals surface area contributed by atoms with E-state index in [4.69, 9.17) is 4.74 Å². The predicted molar refractivity (Wildman–Crippen MR) is 75.7 cm³/mol. The Morgan fingerprint density at radius 2 is 2.06 bits per heavy atom. The Bertz CT molecular complexity index is 569. The fourth-order valence-electron chi connectivity index (χ4n) is 1.74. The molecule has 4 nitrogen and oxygen atoms in total. The number of ether oxygens (including phenoxy) is 1. The number of aryl methyl sites for hydroxylation is 1. The second-order valence-corrected chi connectivity index (χ2v) is 5.51. The van der Waals surface area contributed by atoms with E-state index >= 15 is 0 Å². The summed E-state index contributed by atoms with van der Waals surface area (Å²) in [6.07, 6.45) is 0.809. The van der Waals surface area contributed by atoms with E-state index in [1.807, 2.05) is 18.2 Å². The number of rotatable bonds is 3. The first-order chi connectivity index (χ1) is 8.54. The van der Waals surface area contributed by atoms with Gasteiger partial charge in [0.2, 0.25) is 0 Å². The molecule has 0 spiro atoms. The van der Waals surface area contributed by atoms with E-state index in [2.05, 4.69) is 37.0 Å². The summed E-state index contributed by atoms with van der Waals surface area (Å²) in [4.78, 5) is 0. The van der Waals surface area contributed by atoms with Crippen molar-refractivity contribution < 1.29 is 9.84 Å². The number of nitrogens with zero attached hydrogens (tertiary/aromatic N) is 2. The average Bonchev–Trinajstić information content (AvgIpc) is 2.73. The zero-order valence-electron chi connectivity index (χ0n) is 9.89. The van der Waals surface area contributed by atoms with Crippen molar-refractivity contribution in [2.45, 2.75) is 6.10 Å². The molecule has 0 saturated heterocycles. The van der Waals surface area contributed by atoms with Gasteiger partial charge in [0.05, 0.1) is 13.3 Å². The van der Waals surface area contributed by atoms with E-state index in [-0.39, 0.29) is 0 Å². The van der Waals surface area contributed by atoms with Gasteiger partial charge < -0.3 is 9.84 Å². The molecule has 1 atom stereocenters. The molecule has 1 aromatic carbocycles. The highest BCUT2D eigenvalue weighted by Gasteiger charge is 2.20. The van der Waals surface area contributed by atoms with E-state index in [0.29, 0.717) is 11.4 Å². The highest BCUT2D eigenvalue weighted by atomic mass is 79.9. The maximum Gasteiger partial charge on any atom is 0.162 e. The van der Waals surface area contributed by atoms with E-state index in [9.17, 15) is 5.11 Å². The minimum absolute atomic E-state index is 0.573. The highest BCUT2D eigenvalue weighted by molar-refractivity contribution is 9.13. The summed E-state index contributed by atoms with van der Waals surface area (Å²) < 4.78 is 8.64. The molecule has 0 aliphatic rings. The summed E-state index contributed by atoms with van der Waals surface area (Å²) in [5.74, 6) is 0.573. The number of aliphatic hydroxyl groups is 1. The summed E-state index contributed by atoms with van der Waals surface area (Å²) in [6.45, 7) is 0. The third-order valence-electron chi connectivity index (χ3n) is 2.69. The third-order valence-corrected chi connectivity index (χ3v) is 4.57. The maximum absolute atomic E-state index is 10.4. The molecule has 0 saturated carbocycles. The molecule has 96 valence electrons. The van der Waals surface area contributed by atoms with Crippen LogP contribution in [-0.2, 0) is 7.05 Å². The molecule has 1 heterocycles. The standard InChI is InChI=1S/C12H12Br2N2O2/c1-16-11(10(18-2)6-15-16)12(17)7-3-4-8(13)9(14)5-7/h3-6,12,17H,1-2H3. The Morgan fingerprint density at radius 1 is 1.33 bits per heavy atom. The van der Waals surface area contributed by atoms with Crippen molar-refractivity contribution in [3.63, 3.8) is 0 Å². The van der Waals surface area contributed by atoms with Gasteiger partial charge in [0.1, 0.15) is 11.8 Å². The van der Waals surface area contributed by atoms with Crippen LogP contribution in [0.5, 0.6) is 5.75 Å². The smallest absolute Gasteiger partial charge is 0.162 e. The maximum atomic E-state index is 10.4. The van der Waals surface area contributed by atoms with Gasteiger partial charge in [-0.15, -0.1) is 0 Å². The topological polar surface area (TPSA) is 47.3 Å². The zero-order chi connectivity index (χ0) is 13.3. The van der Waals surface area contributed by atoms with E-state index < -0.39 is 6.10 Å². The van der Waals surface area contributed by atoms with E-state index in [1.165, 1.54) is 0 Å². The Morgan fingerprint density at radius 3 is 2.67 bits per heavy atom. The fourth-order valence-corrected chi connectivity index (χ4v) is 2.38. The van der Waals surface area contributed by atoms with Crippen LogP contribution in [0, 0.1) is 0 Å². The van der Waals surface area contributed by atoms with Gasteiger partial charge in [0.15, 0.2) is 5.75 Å². The Hall–Kier alpha value is -0.850. The van der Waals surface area contributed by atoms with Gasteiger partial charge >= 0.3 is 0 Å². The summed E-state index contributed by atoms with van der Waals surface area (Å²) in [7, 11) is 3.33. The van der Waals surface area contributed by atoms with Gasteiger partial charge in [-0.2, -0.15) is 5.10 Å². The first-order valence-corrected chi connectivity index (χ1v) is 6.82. The lowest BCUT2D eigenvalue weighted by Crippen LogP contribution is -2.08. The molecule has 0 fully saturated rings. The van der Waals surface area contributed by atoms with Crippen LogP contribution < -0.4 is 4.74 Å². The number of methoxy groups -OCH3 is 1. The molecule has 1 N–H and O–H groups in total. The molecule has 0 amide bonds. The third kappa shape index (κ3) is 2.46. The van der Waals surface area contributed by atoms with Gasteiger partial charge in [0.25, 0.3) is 0 Å². The van der Waals surface area contributed by atoms with Crippen LogP contribution in [0.4, 0.5) is 0 Å². The van der Waals surface area contributed by atoms with E-state index in [1.54, 1.807) is 25.0 Å². The van der Waals surface area contributed by atoms with Gasteiger partial charge in [-0.25, -0.2) is 0 Å². The molecular weight excluding hydrogens is 364 g/mol. The zero-order valence-corrected chi connectivity index (χ0v) is 13.1. The number of halogens is 2. The Balaban J connectivity index is 2.44. The number of aromatic nitrogens is 2. The Labute approximate surface area is 122 Å². The van der Waals surface area contributed by atoms with Crippen molar-refractivity contribution in [1.82, 2.24) is 9.78 Å². The predicted octanol–water partition coefficient (Wildman–Crippen LogP) is 3.04. The molecular formula is C12H12Br2N2O2. The number of benzene rings is 1. The molecule has 0 aliphatic heterocycles. The van der Waals surface area contributed by atoms with Gasteiger partial charge in [-0.05, 0) is 49.6 Å². The van der Waals surface area contributed by atoms with Crippen molar-refractivity contribution in [3.8, 4) is 5.75 Å². The van der Waals surface area contributed by atoms with Crippen molar-refractivity contribution >= 4 is 31.9 Å². The number of aliphatic hydroxyl groups excluding tert-OH is 1. The fraction of sp³-hybridized carbons (Fsp3) is 0.250. The van der Waals surface area contributed by atoms with Crippen LogP contribution in [-0.4, -0.2) is 22.0 Å². The summed E-state index contributed by atoms with van der Waals surface area (Å²) in [5.41, 5.74) is 1.40. The minimum atomic E-state index is -0.781. The molecule has 0 radical (unpaired) electrons. The normalized spacial score (nSPS) is 12.5. The average molecular weight is 376 g/mol.